The van der Waals surface area contributed by atoms with Crippen LogP contribution in [0, 0.1) is 5.82 Å². The number of rotatable bonds is 4. The highest BCUT2D eigenvalue weighted by molar-refractivity contribution is 5.99. The number of aldehydes is 1. The zero-order valence-electron chi connectivity index (χ0n) is 18.3. The molecule has 33 heavy (non-hydrogen) atoms. The highest BCUT2D eigenvalue weighted by Gasteiger charge is 2.31. The molecule has 2 aromatic carbocycles. The number of alkyl halides is 3. The van der Waals surface area contributed by atoms with Crippen LogP contribution in [0.25, 0.3) is 0 Å². The Bertz CT molecular complexity index is 931. The van der Waals surface area contributed by atoms with E-state index in [9.17, 15) is 27.2 Å². The van der Waals surface area contributed by atoms with Crippen LogP contribution in [0.5, 0.6) is 0 Å². The van der Waals surface area contributed by atoms with Gasteiger partial charge in [-0.2, -0.15) is 13.2 Å². The third kappa shape index (κ3) is 7.62. The Hall–Kier alpha value is -2.82. The van der Waals surface area contributed by atoms with Crippen LogP contribution >= 0.6 is 0 Å². The molecule has 0 bridgehead atoms. The maximum Gasteiger partial charge on any atom is 0.416 e. The standard InChI is InChI=1S/C12H13F4NO.C10H9NO2.CH5N/c13-11-6-9(5-10(7-11)12(14,15)16)8-17-1-3-18-4-2-17;12-6-5-11-7-8-3-1-2-4-9(8)10(11)13;1-2/h5-7H,1-4,8H2;1-4,6H,5,7H2;2H2,1H3. The first-order chi connectivity index (χ1) is 15.8. The summed E-state index contributed by atoms with van der Waals surface area (Å²) in [7, 11) is 1.50. The molecule has 0 spiro atoms. The van der Waals surface area contributed by atoms with Gasteiger partial charge in [-0.05, 0) is 42.4 Å². The molecule has 6 nitrogen and oxygen atoms in total. The topological polar surface area (TPSA) is 75.9 Å². The highest BCUT2D eigenvalue weighted by Crippen LogP contribution is 2.30. The lowest BCUT2D eigenvalue weighted by Crippen LogP contribution is -2.35. The second-order valence-corrected chi connectivity index (χ2v) is 7.24. The lowest BCUT2D eigenvalue weighted by Gasteiger charge is -2.26. The largest absolute Gasteiger partial charge is 0.416 e. The quantitative estimate of drug-likeness (QED) is 0.550. The minimum Gasteiger partial charge on any atom is -0.379 e. The smallest absolute Gasteiger partial charge is 0.379 e. The predicted molar refractivity (Wildman–Crippen MR) is 115 cm³/mol. The molecule has 1 amide bonds. The van der Waals surface area contributed by atoms with Gasteiger partial charge in [0.1, 0.15) is 12.1 Å². The number of ether oxygens (including phenoxy) is 1. The molecule has 0 atom stereocenters. The zero-order chi connectivity index (χ0) is 24.4. The van der Waals surface area contributed by atoms with Gasteiger partial charge in [-0.3, -0.25) is 9.69 Å². The van der Waals surface area contributed by atoms with Crippen molar-refractivity contribution in [2.45, 2.75) is 19.3 Å². The molecule has 1 fully saturated rings. The van der Waals surface area contributed by atoms with Crippen molar-refractivity contribution in [1.29, 1.82) is 0 Å². The Kier molecular flexibility index (Phi) is 9.95. The van der Waals surface area contributed by atoms with Crippen molar-refractivity contribution >= 4 is 12.2 Å². The van der Waals surface area contributed by atoms with Crippen LogP contribution in [-0.2, 0) is 28.8 Å². The van der Waals surface area contributed by atoms with E-state index in [1.807, 2.05) is 23.1 Å². The first-order valence-corrected chi connectivity index (χ1v) is 10.3. The molecule has 2 heterocycles. The summed E-state index contributed by atoms with van der Waals surface area (Å²) in [5.41, 5.74) is 5.63. The Morgan fingerprint density at radius 3 is 2.36 bits per heavy atom. The van der Waals surface area contributed by atoms with E-state index in [1.54, 1.807) is 6.07 Å². The second kappa shape index (κ2) is 12.4. The molecule has 0 saturated carbocycles. The Labute approximate surface area is 189 Å². The van der Waals surface area contributed by atoms with Gasteiger partial charge in [-0.1, -0.05) is 18.2 Å². The van der Waals surface area contributed by atoms with Crippen LogP contribution in [0.4, 0.5) is 17.6 Å². The number of benzene rings is 2. The molecule has 2 aliphatic rings. The lowest BCUT2D eigenvalue weighted by atomic mass is 10.1. The minimum absolute atomic E-state index is 0.0392. The number of amides is 1. The average Bonchev–Trinajstić information content (AvgIpc) is 3.11. The van der Waals surface area contributed by atoms with Crippen molar-refractivity contribution in [3.8, 4) is 0 Å². The molecule has 0 unspecified atom stereocenters. The van der Waals surface area contributed by atoms with Gasteiger partial charge >= 0.3 is 6.18 Å². The fraction of sp³-hybridized carbons (Fsp3) is 0.391. The van der Waals surface area contributed by atoms with Crippen molar-refractivity contribution in [2.75, 3.05) is 39.9 Å². The van der Waals surface area contributed by atoms with E-state index < -0.39 is 17.6 Å². The van der Waals surface area contributed by atoms with Crippen molar-refractivity contribution in [3.63, 3.8) is 0 Å². The van der Waals surface area contributed by atoms with Crippen LogP contribution in [0.3, 0.4) is 0 Å². The van der Waals surface area contributed by atoms with Crippen molar-refractivity contribution in [3.05, 3.63) is 70.5 Å². The number of carbonyl (C=O) groups is 2. The molecule has 10 heteroatoms. The summed E-state index contributed by atoms with van der Waals surface area (Å²) >= 11 is 0. The van der Waals surface area contributed by atoms with E-state index in [0.717, 1.165) is 29.5 Å². The summed E-state index contributed by atoms with van der Waals surface area (Å²) in [6.45, 7) is 3.48. The summed E-state index contributed by atoms with van der Waals surface area (Å²) in [4.78, 5) is 25.3. The number of morpholine rings is 1. The zero-order valence-corrected chi connectivity index (χ0v) is 18.3. The van der Waals surface area contributed by atoms with Gasteiger partial charge in [-0.15, -0.1) is 0 Å². The Morgan fingerprint density at radius 1 is 1.09 bits per heavy atom. The number of hydrogen-bond donors (Lipinski definition) is 1. The van der Waals surface area contributed by atoms with Crippen molar-refractivity contribution in [2.24, 2.45) is 5.73 Å². The number of hydrogen-bond acceptors (Lipinski definition) is 5. The number of fused-ring (bicyclic) bond motifs is 1. The molecule has 1 saturated heterocycles. The van der Waals surface area contributed by atoms with Gasteiger partial charge in [0.25, 0.3) is 5.91 Å². The van der Waals surface area contributed by atoms with E-state index in [2.05, 4.69) is 5.73 Å². The van der Waals surface area contributed by atoms with E-state index in [0.29, 0.717) is 51.0 Å². The average molecular weight is 469 g/mol. The highest BCUT2D eigenvalue weighted by atomic mass is 19.4. The summed E-state index contributed by atoms with van der Waals surface area (Å²) in [5, 5.41) is 0. The maximum absolute atomic E-state index is 13.2. The number of nitrogens with zero attached hydrogens (tertiary/aromatic N) is 2. The van der Waals surface area contributed by atoms with Gasteiger partial charge in [0.2, 0.25) is 0 Å². The van der Waals surface area contributed by atoms with Gasteiger partial charge in [0.15, 0.2) is 0 Å². The van der Waals surface area contributed by atoms with Crippen LogP contribution < -0.4 is 5.73 Å². The first-order valence-electron chi connectivity index (χ1n) is 10.3. The second-order valence-electron chi connectivity index (χ2n) is 7.24. The lowest BCUT2D eigenvalue weighted by molar-refractivity contribution is -0.137. The van der Waals surface area contributed by atoms with E-state index in [1.165, 1.54) is 11.9 Å². The van der Waals surface area contributed by atoms with Gasteiger partial charge in [0.05, 0.1) is 25.3 Å². The third-order valence-corrected chi connectivity index (χ3v) is 4.99. The van der Waals surface area contributed by atoms with E-state index in [-0.39, 0.29) is 12.5 Å². The first kappa shape index (κ1) is 26.4. The molecule has 4 rings (SSSR count). The van der Waals surface area contributed by atoms with Crippen LogP contribution in [0.1, 0.15) is 27.0 Å². The van der Waals surface area contributed by atoms with E-state index in [4.69, 9.17) is 4.74 Å². The predicted octanol–water partition coefficient (Wildman–Crippen LogP) is 3.09. The Morgan fingerprint density at radius 2 is 1.76 bits per heavy atom. The fourth-order valence-corrected chi connectivity index (χ4v) is 3.47. The van der Waals surface area contributed by atoms with Crippen LogP contribution in [-0.4, -0.2) is 61.9 Å². The Balaban J connectivity index is 0.000000227. The van der Waals surface area contributed by atoms with Crippen molar-refractivity contribution < 1.29 is 31.9 Å². The molecule has 180 valence electrons. The molecular weight excluding hydrogens is 442 g/mol. The van der Waals surface area contributed by atoms with E-state index >= 15 is 0 Å². The normalized spacial score (nSPS) is 15.7. The van der Waals surface area contributed by atoms with Crippen molar-refractivity contribution in [1.82, 2.24) is 9.80 Å². The van der Waals surface area contributed by atoms with Gasteiger partial charge in [0, 0.05) is 31.7 Å². The van der Waals surface area contributed by atoms with Crippen LogP contribution in [0.2, 0.25) is 0 Å². The molecule has 2 aromatic rings. The monoisotopic (exact) mass is 469 g/mol. The molecule has 2 N–H and O–H groups in total. The summed E-state index contributed by atoms with van der Waals surface area (Å²) in [5.74, 6) is -0.893. The summed E-state index contributed by atoms with van der Waals surface area (Å²) in [6.07, 6.45) is -3.76. The molecular formula is C23H27F4N3O3. The third-order valence-electron chi connectivity index (χ3n) is 4.99. The number of halogens is 4. The van der Waals surface area contributed by atoms with Gasteiger partial charge in [-0.25, -0.2) is 4.39 Å². The van der Waals surface area contributed by atoms with Gasteiger partial charge < -0.3 is 20.2 Å². The van der Waals surface area contributed by atoms with Crippen LogP contribution in [0.15, 0.2) is 42.5 Å². The molecule has 0 aliphatic carbocycles. The molecule has 0 aromatic heterocycles. The SMILES string of the molecule is CN.Fc1cc(CN2CCOCC2)cc(C(F)(F)F)c1.O=CCN1Cc2ccccc2C1=O. The fourth-order valence-electron chi connectivity index (χ4n) is 3.47. The summed E-state index contributed by atoms with van der Waals surface area (Å²) in [6, 6.07) is 10.1. The maximum atomic E-state index is 13.2. The summed E-state index contributed by atoms with van der Waals surface area (Å²) < 4.78 is 55.9. The minimum atomic E-state index is -4.51. The number of carbonyl (C=O) groups excluding carboxylic acids is 2. The molecule has 2 aliphatic heterocycles. The number of nitrogens with two attached hydrogens (primary N) is 1. The molecule has 0 radical (unpaired) electrons.